The number of anilines is 1. The molecule has 1 heterocycles. The van der Waals surface area contributed by atoms with Crippen molar-refractivity contribution in [3.05, 3.63) is 102 Å². The van der Waals surface area contributed by atoms with Gasteiger partial charge in [-0.25, -0.2) is 9.78 Å². The first-order valence-corrected chi connectivity index (χ1v) is 10.3. The second kappa shape index (κ2) is 9.83. The maximum atomic E-state index is 12.3. The van der Waals surface area contributed by atoms with Crippen LogP contribution >= 0.6 is 0 Å². The maximum Gasteiger partial charge on any atom is 0.338 e. The van der Waals surface area contributed by atoms with Crippen LogP contribution in [0.2, 0.25) is 0 Å². The SMILES string of the molecule is COC(=O)c1ccc(NCc2cncn2Cc2ccccc2OC)cc1-c1ccccc1. The molecule has 0 saturated heterocycles. The van der Waals surface area contributed by atoms with Crippen LogP contribution in [0.4, 0.5) is 5.69 Å². The molecule has 0 amide bonds. The molecule has 0 fully saturated rings. The number of nitrogens with one attached hydrogen (secondary N) is 1. The molecule has 0 bridgehead atoms. The van der Waals surface area contributed by atoms with Crippen LogP contribution in [0.1, 0.15) is 21.6 Å². The van der Waals surface area contributed by atoms with Crippen molar-refractivity contribution in [2.45, 2.75) is 13.1 Å². The van der Waals surface area contributed by atoms with E-state index >= 15 is 0 Å². The molecule has 162 valence electrons. The smallest absolute Gasteiger partial charge is 0.338 e. The Morgan fingerprint density at radius 3 is 2.56 bits per heavy atom. The van der Waals surface area contributed by atoms with Crippen molar-refractivity contribution in [3.8, 4) is 16.9 Å². The average Bonchev–Trinajstić information content (AvgIpc) is 3.29. The average molecular weight is 428 g/mol. The minimum atomic E-state index is -0.356. The van der Waals surface area contributed by atoms with Gasteiger partial charge in [-0.2, -0.15) is 0 Å². The number of nitrogens with zero attached hydrogens (tertiary/aromatic N) is 2. The number of hydrogen-bond donors (Lipinski definition) is 1. The summed E-state index contributed by atoms with van der Waals surface area (Å²) >= 11 is 0. The molecule has 0 aliphatic carbocycles. The minimum absolute atomic E-state index is 0.356. The molecule has 32 heavy (non-hydrogen) atoms. The van der Waals surface area contributed by atoms with Gasteiger partial charge in [-0.05, 0) is 35.4 Å². The molecule has 0 unspecified atom stereocenters. The highest BCUT2D eigenvalue weighted by Crippen LogP contribution is 2.28. The Kier molecular flexibility index (Phi) is 6.51. The van der Waals surface area contributed by atoms with Crippen molar-refractivity contribution < 1.29 is 14.3 Å². The van der Waals surface area contributed by atoms with Gasteiger partial charge in [0.1, 0.15) is 5.75 Å². The van der Waals surface area contributed by atoms with E-state index in [0.717, 1.165) is 33.8 Å². The fourth-order valence-electron chi connectivity index (χ4n) is 3.65. The number of para-hydroxylation sites is 1. The third-order valence-electron chi connectivity index (χ3n) is 5.32. The first kappa shape index (κ1) is 21.2. The summed E-state index contributed by atoms with van der Waals surface area (Å²) < 4.78 is 12.5. The molecule has 1 aromatic heterocycles. The number of hydrogen-bond acceptors (Lipinski definition) is 5. The summed E-state index contributed by atoms with van der Waals surface area (Å²) in [4.78, 5) is 16.6. The third-order valence-corrected chi connectivity index (χ3v) is 5.32. The molecule has 0 saturated carbocycles. The number of aromatic nitrogens is 2. The summed E-state index contributed by atoms with van der Waals surface area (Å²) in [5, 5.41) is 3.45. The van der Waals surface area contributed by atoms with E-state index in [1.807, 2.05) is 79.3 Å². The number of carbonyl (C=O) groups excluding carboxylic acids is 1. The fraction of sp³-hybridized carbons (Fsp3) is 0.154. The lowest BCUT2D eigenvalue weighted by Gasteiger charge is -2.14. The Hall–Kier alpha value is -4.06. The molecule has 4 rings (SSSR count). The van der Waals surface area contributed by atoms with Gasteiger partial charge in [-0.15, -0.1) is 0 Å². The lowest BCUT2D eigenvalue weighted by molar-refractivity contribution is 0.0601. The van der Waals surface area contributed by atoms with Crippen LogP contribution in [0.25, 0.3) is 11.1 Å². The summed E-state index contributed by atoms with van der Waals surface area (Å²) in [7, 11) is 3.07. The quantitative estimate of drug-likeness (QED) is 0.401. The lowest BCUT2D eigenvalue weighted by Crippen LogP contribution is -2.09. The molecule has 0 aliphatic rings. The van der Waals surface area contributed by atoms with Gasteiger partial charge in [-0.3, -0.25) is 0 Å². The first-order chi connectivity index (χ1) is 15.7. The van der Waals surface area contributed by atoms with Crippen molar-refractivity contribution >= 4 is 11.7 Å². The molecule has 6 heteroatoms. The van der Waals surface area contributed by atoms with Gasteiger partial charge >= 0.3 is 5.97 Å². The molecule has 0 radical (unpaired) electrons. The molecular weight excluding hydrogens is 402 g/mol. The van der Waals surface area contributed by atoms with Crippen LogP contribution in [0.3, 0.4) is 0 Å². The Balaban J connectivity index is 1.55. The summed E-state index contributed by atoms with van der Waals surface area (Å²) in [5.41, 5.74) is 5.34. The van der Waals surface area contributed by atoms with Crippen LogP contribution < -0.4 is 10.1 Å². The van der Waals surface area contributed by atoms with E-state index in [-0.39, 0.29) is 5.97 Å². The predicted octanol–water partition coefficient (Wildman–Crippen LogP) is 5.01. The van der Waals surface area contributed by atoms with Crippen LogP contribution in [-0.4, -0.2) is 29.7 Å². The Labute approximate surface area is 187 Å². The molecule has 3 aromatic carbocycles. The summed E-state index contributed by atoms with van der Waals surface area (Å²) in [6, 6.07) is 23.4. The number of imidazole rings is 1. The van der Waals surface area contributed by atoms with E-state index in [9.17, 15) is 4.79 Å². The van der Waals surface area contributed by atoms with Crippen molar-refractivity contribution in [2.75, 3.05) is 19.5 Å². The van der Waals surface area contributed by atoms with Crippen molar-refractivity contribution in [1.29, 1.82) is 0 Å². The summed E-state index contributed by atoms with van der Waals surface area (Å²) in [5.74, 6) is 0.497. The highest BCUT2D eigenvalue weighted by atomic mass is 16.5. The second-order valence-electron chi connectivity index (χ2n) is 7.30. The predicted molar refractivity (Wildman–Crippen MR) is 125 cm³/mol. The van der Waals surface area contributed by atoms with E-state index in [1.54, 1.807) is 13.2 Å². The summed E-state index contributed by atoms with van der Waals surface area (Å²) in [6.07, 6.45) is 3.67. The number of methoxy groups -OCH3 is 2. The third kappa shape index (κ3) is 4.64. The normalized spacial score (nSPS) is 10.6. The zero-order valence-electron chi connectivity index (χ0n) is 18.1. The highest BCUT2D eigenvalue weighted by Gasteiger charge is 2.14. The van der Waals surface area contributed by atoms with Gasteiger partial charge in [0.15, 0.2) is 0 Å². The monoisotopic (exact) mass is 427 g/mol. The first-order valence-electron chi connectivity index (χ1n) is 10.3. The summed E-state index contributed by atoms with van der Waals surface area (Å²) in [6.45, 7) is 1.25. The molecule has 0 spiro atoms. The van der Waals surface area contributed by atoms with Gasteiger partial charge in [-0.1, -0.05) is 48.5 Å². The second-order valence-corrected chi connectivity index (χ2v) is 7.30. The zero-order valence-corrected chi connectivity index (χ0v) is 18.1. The van der Waals surface area contributed by atoms with Crippen molar-refractivity contribution in [2.24, 2.45) is 0 Å². The molecule has 0 atom stereocenters. The fourth-order valence-corrected chi connectivity index (χ4v) is 3.65. The van der Waals surface area contributed by atoms with Gasteiger partial charge in [0.2, 0.25) is 0 Å². The van der Waals surface area contributed by atoms with E-state index in [4.69, 9.17) is 9.47 Å². The van der Waals surface area contributed by atoms with Gasteiger partial charge in [0.25, 0.3) is 0 Å². The van der Waals surface area contributed by atoms with Gasteiger partial charge < -0.3 is 19.4 Å². The number of carbonyl (C=O) groups is 1. The topological polar surface area (TPSA) is 65.4 Å². The highest BCUT2D eigenvalue weighted by molar-refractivity contribution is 5.98. The van der Waals surface area contributed by atoms with Gasteiger partial charge in [0, 0.05) is 17.4 Å². The van der Waals surface area contributed by atoms with E-state index in [1.165, 1.54) is 7.11 Å². The number of ether oxygens (including phenoxy) is 2. The molecule has 6 nitrogen and oxygen atoms in total. The van der Waals surface area contributed by atoms with Crippen LogP contribution in [0.15, 0.2) is 85.3 Å². The maximum absolute atomic E-state index is 12.3. The molecule has 0 aliphatic heterocycles. The number of rotatable bonds is 8. The molecule has 1 N–H and O–H groups in total. The largest absolute Gasteiger partial charge is 0.496 e. The van der Waals surface area contributed by atoms with Crippen molar-refractivity contribution in [3.63, 3.8) is 0 Å². The van der Waals surface area contributed by atoms with Gasteiger partial charge in [0.05, 0.1) is 44.9 Å². The standard InChI is InChI=1S/C26H25N3O3/c1-31-25-11-7-6-10-20(25)17-29-18-27-15-22(29)16-28-21-12-13-23(26(30)32-2)24(14-21)19-8-4-3-5-9-19/h3-15,18,28H,16-17H2,1-2H3. The van der Waals surface area contributed by atoms with Crippen LogP contribution in [0.5, 0.6) is 5.75 Å². The van der Waals surface area contributed by atoms with Crippen molar-refractivity contribution in [1.82, 2.24) is 9.55 Å². The van der Waals surface area contributed by atoms with E-state index < -0.39 is 0 Å². The Morgan fingerprint density at radius 1 is 1.00 bits per heavy atom. The van der Waals surface area contributed by atoms with Crippen LogP contribution in [-0.2, 0) is 17.8 Å². The Bertz CT molecular complexity index is 1200. The van der Waals surface area contributed by atoms with E-state index in [2.05, 4.69) is 14.9 Å². The lowest BCUT2D eigenvalue weighted by atomic mass is 9.99. The zero-order chi connectivity index (χ0) is 22.3. The number of esters is 1. The molecular formula is C26H25N3O3. The van der Waals surface area contributed by atoms with Crippen LogP contribution in [0, 0.1) is 0 Å². The Morgan fingerprint density at radius 2 is 1.78 bits per heavy atom. The van der Waals surface area contributed by atoms with E-state index in [0.29, 0.717) is 18.7 Å². The number of benzene rings is 3. The molecule has 4 aromatic rings. The minimum Gasteiger partial charge on any atom is -0.496 e.